The summed E-state index contributed by atoms with van der Waals surface area (Å²) in [6.07, 6.45) is 4.24. The van der Waals surface area contributed by atoms with Gasteiger partial charge in [0.05, 0.1) is 0 Å². The molecule has 1 N–H and O–H groups in total. The summed E-state index contributed by atoms with van der Waals surface area (Å²) in [6.45, 7) is 12.4. The van der Waals surface area contributed by atoms with Crippen LogP contribution in [0.3, 0.4) is 0 Å². The molecule has 0 unspecified atom stereocenters. The molecule has 94 valence electrons. The molecule has 2 aliphatic heterocycles. The van der Waals surface area contributed by atoms with Crippen LogP contribution in [0.5, 0.6) is 0 Å². The summed E-state index contributed by atoms with van der Waals surface area (Å²) in [7, 11) is 0. The van der Waals surface area contributed by atoms with Crippen LogP contribution in [0.1, 0.15) is 26.2 Å². The standard InChI is InChI=1S/C13H27N3/c1-2-13-3-7-15(8-4-13)11-12-16-9-5-14-6-10-16/h13-14H,2-12H2,1H3. The zero-order chi connectivity index (χ0) is 11.2. The van der Waals surface area contributed by atoms with Crippen molar-refractivity contribution < 1.29 is 0 Å². The quantitative estimate of drug-likeness (QED) is 0.770. The summed E-state index contributed by atoms with van der Waals surface area (Å²) in [5.41, 5.74) is 0. The molecule has 0 aromatic rings. The van der Waals surface area contributed by atoms with Crippen molar-refractivity contribution in [3.8, 4) is 0 Å². The predicted octanol–water partition coefficient (Wildman–Crippen LogP) is 1.01. The van der Waals surface area contributed by atoms with Crippen LogP contribution in [0, 0.1) is 5.92 Å². The molecule has 2 aliphatic rings. The highest BCUT2D eigenvalue weighted by Crippen LogP contribution is 2.19. The molecule has 0 spiro atoms. The summed E-state index contributed by atoms with van der Waals surface area (Å²) < 4.78 is 0. The first-order chi connectivity index (χ1) is 7.88. The van der Waals surface area contributed by atoms with Crippen LogP contribution < -0.4 is 5.32 Å². The van der Waals surface area contributed by atoms with Gasteiger partial charge in [0.2, 0.25) is 0 Å². The molecule has 0 radical (unpaired) electrons. The Morgan fingerprint density at radius 3 is 2.06 bits per heavy atom. The maximum atomic E-state index is 3.41. The maximum Gasteiger partial charge on any atom is 0.0110 e. The molecule has 16 heavy (non-hydrogen) atoms. The van der Waals surface area contributed by atoms with Crippen molar-refractivity contribution in [2.45, 2.75) is 26.2 Å². The molecule has 3 nitrogen and oxygen atoms in total. The minimum absolute atomic E-state index is 1.01. The first-order valence-electron chi connectivity index (χ1n) is 7.04. The molecule has 2 fully saturated rings. The normalized spacial score (nSPS) is 26.1. The Balaban J connectivity index is 1.59. The summed E-state index contributed by atoms with van der Waals surface area (Å²) in [5.74, 6) is 1.01. The molecule has 0 aliphatic carbocycles. The zero-order valence-corrected chi connectivity index (χ0v) is 10.7. The average Bonchev–Trinajstić information content (AvgIpc) is 2.38. The monoisotopic (exact) mass is 225 g/mol. The number of hydrogen-bond acceptors (Lipinski definition) is 3. The van der Waals surface area contributed by atoms with Crippen LogP contribution in [-0.2, 0) is 0 Å². The molecule has 2 saturated heterocycles. The Morgan fingerprint density at radius 1 is 0.938 bits per heavy atom. The zero-order valence-electron chi connectivity index (χ0n) is 10.7. The largest absolute Gasteiger partial charge is 0.314 e. The van der Waals surface area contributed by atoms with Crippen molar-refractivity contribution in [1.29, 1.82) is 0 Å². The van der Waals surface area contributed by atoms with Gasteiger partial charge in [-0.2, -0.15) is 0 Å². The van der Waals surface area contributed by atoms with Gasteiger partial charge in [-0.1, -0.05) is 13.3 Å². The van der Waals surface area contributed by atoms with Gasteiger partial charge < -0.3 is 10.2 Å². The Kier molecular flexibility index (Phi) is 5.07. The third-order valence-electron chi connectivity index (χ3n) is 4.23. The third kappa shape index (κ3) is 3.72. The van der Waals surface area contributed by atoms with E-state index in [1.54, 1.807) is 0 Å². The van der Waals surface area contributed by atoms with Crippen LogP contribution in [0.25, 0.3) is 0 Å². The minimum atomic E-state index is 1.01. The molecule has 0 aromatic carbocycles. The van der Waals surface area contributed by atoms with Gasteiger partial charge in [-0.15, -0.1) is 0 Å². The second-order valence-electron chi connectivity index (χ2n) is 5.28. The van der Waals surface area contributed by atoms with Crippen LogP contribution >= 0.6 is 0 Å². The number of rotatable bonds is 4. The van der Waals surface area contributed by atoms with E-state index in [0.29, 0.717) is 0 Å². The van der Waals surface area contributed by atoms with Crippen molar-refractivity contribution >= 4 is 0 Å². The molecule has 0 saturated carbocycles. The van der Waals surface area contributed by atoms with E-state index < -0.39 is 0 Å². The van der Waals surface area contributed by atoms with E-state index in [1.807, 2.05) is 0 Å². The summed E-state index contributed by atoms with van der Waals surface area (Å²) >= 11 is 0. The number of likely N-dealkylation sites (tertiary alicyclic amines) is 1. The van der Waals surface area contributed by atoms with Gasteiger partial charge in [0.25, 0.3) is 0 Å². The highest BCUT2D eigenvalue weighted by atomic mass is 15.2. The molecule has 0 atom stereocenters. The smallest absolute Gasteiger partial charge is 0.0110 e. The van der Waals surface area contributed by atoms with Gasteiger partial charge in [0.1, 0.15) is 0 Å². The Bertz CT molecular complexity index is 182. The van der Waals surface area contributed by atoms with E-state index in [4.69, 9.17) is 0 Å². The maximum absolute atomic E-state index is 3.41. The lowest BCUT2D eigenvalue weighted by molar-refractivity contribution is 0.148. The molecule has 2 rings (SSSR count). The minimum Gasteiger partial charge on any atom is -0.314 e. The number of hydrogen-bond donors (Lipinski definition) is 1. The number of piperazine rings is 1. The lowest BCUT2D eigenvalue weighted by atomic mass is 9.94. The Labute approximate surface area is 100 Å². The van der Waals surface area contributed by atoms with Crippen LogP contribution in [-0.4, -0.2) is 62.2 Å². The van der Waals surface area contributed by atoms with Gasteiger partial charge >= 0.3 is 0 Å². The topological polar surface area (TPSA) is 18.5 Å². The molecule has 3 heteroatoms. The van der Waals surface area contributed by atoms with E-state index in [0.717, 1.165) is 5.92 Å². The first kappa shape index (κ1) is 12.3. The molecular formula is C13H27N3. The molecule has 0 bridgehead atoms. The highest BCUT2D eigenvalue weighted by Gasteiger charge is 2.18. The van der Waals surface area contributed by atoms with Gasteiger partial charge in [-0.25, -0.2) is 0 Å². The Hall–Kier alpha value is -0.120. The molecule has 0 aromatic heterocycles. The number of nitrogens with one attached hydrogen (secondary N) is 1. The van der Waals surface area contributed by atoms with Crippen molar-refractivity contribution in [3.05, 3.63) is 0 Å². The van der Waals surface area contributed by atoms with Crippen LogP contribution in [0.15, 0.2) is 0 Å². The van der Waals surface area contributed by atoms with E-state index >= 15 is 0 Å². The second-order valence-corrected chi connectivity index (χ2v) is 5.28. The summed E-state index contributed by atoms with van der Waals surface area (Å²) in [4.78, 5) is 5.26. The fourth-order valence-corrected chi connectivity index (χ4v) is 2.84. The highest BCUT2D eigenvalue weighted by molar-refractivity contribution is 4.74. The fraction of sp³-hybridized carbons (Fsp3) is 1.00. The van der Waals surface area contributed by atoms with E-state index in [9.17, 15) is 0 Å². The summed E-state index contributed by atoms with van der Waals surface area (Å²) in [5, 5.41) is 3.41. The lowest BCUT2D eigenvalue weighted by Crippen LogP contribution is -2.47. The van der Waals surface area contributed by atoms with Gasteiger partial charge in [-0.05, 0) is 31.8 Å². The third-order valence-corrected chi connectivity index (χ3v) is 4.23. The van der Waals surface area contributed by atoms with Gasteiger partial charge in [-0.3, -0.25) is 4.90 Å². The average molecular weight is 225 g/mol. The summed E-state index contributed by atoms with van der Waals surface area (Å²) in [6, 6.07) is 0. The molecule has 0 amide bonds. The van der Waals surface area contributed by atoms with Crippen molar-refractivity contribution in [1.82, 2.24) is 15.1 Å². The molecule has 2 heterocycles. The van der Waals surface area contributed by atoms with Crippen LogP contribution in [0.4, 0.5) is 0 Å². The number of piperidine rings is 1. The van der Waals surface area contributed by atoms with E-state index in [1.165, 1.54) is 71.6 Å². The van der Waals surface area contributed by atoms with Crippen LogP contribution in [0.2, 0.25) is 0 Å². The SMILES string of the molecule is CCC1CCN(CCN2CCNCC2)CC1. The van der Waals surface area contributed by atoms with Gasteiger partial charge in [0.15, 0.2) is 0 Å². The second kappa shape index (κ2) is 6.58. The van der Waals surface area contributed by atoms with E-state index in [-0.39, 0.29) is 0 Å². The predicted molar refractivity (Wildman–Crippen MR) is 68.8 cm³/mol. The lowest BCUT2D eigenvalue weighted by Gasteiger charge is -2.34. The number of nitrogens with zero attached hydrogens (tertiary/aromatic N) is 2. The molecular weight excluding hydrogens is 198 g/mol. The van der Waals surface area contributed by atoms with E-state index in [2.05, 4.69) is 22.0 Å². The first-order valence-corrected chi connectivity index (χ1v) is 7.04. The Morgan fingerprint density at radius 2 is 1.50 bits per heavy atom. The van der Waals surface area contributed by atoms with Crippen molar-refractivity contribution in [2.75, 3.05) is 52.4 Å². The van der Waals surface area contributed by atoms with Gasteiger partial charge in [0, 0.05) is 39.3 Å². The van der Waals surface area contributed by atoms with Crippen molar-refractivity contribution in [3.63, 3.8) is 0 Å². The van der Waals surface area contributed by atoms with Crippen molar-refractivity contribution in [2.24, 2.45) is 5.92 Å². The fourth-order valence-electron chi connectivity index (χ4n) is 2.84.